The van der Waals surface area contributed by atoms with Crippen molar-refractivity contribution in [3.8, 4) is 0 Å². The van der Waals surface area contributed by atoms with Gasteiger partial charge in [-0.2, -0.15) is 0 Å². The molecule has 0 aromatic heterocycles. The third-order valence-electron chi connectivity index (χ3n) is 3.21. The molecule has 1 amide bonds. The lowest BCUT2D eigenvalue weighted by Gasteiger charge is -2.25. The van der Waals surface area contributed by atoms with Gasteiger partial charge >= 0.3 is 5.24 Å². The molecule has 1 aliphatic rings. The number of amides is 1. The standard InChI is InChI=1S/C16H14N2OS/c1-12-7-9-14(10-8-12)18-11-15(17-20-16(18)19)13-5-3-2-4-6-13/h2-10H,11H2,1H3. The molecule has 0 radical (unpaired) electrons. The van der Waals surface area contributed by atoms with Crippen molar-refractivity contribution < 1.29 is 4.79 Å². The molecule has 0 unspecified atom stereocenters. The van der Waals surface area contributed by atoms with Crippen LogP contribution in [0.4, 0.5) is 10.5 Å². The van der Waals surface area contributed by atoms with Crippen LogP contribution in [0, 0.1) is 6.92 Å². The zero-order valence-electron chi connectivity index (χ0n) is 11.1. The second-order valence-electron chi connectivity index (χ2n) is 4.68. The summed E-state index contributed by atoms with van der Waals surface area (Å²) >= 11 is 1.00. The van der Waals surface area contributed by atoms with Gasteiger partial charge in [-0.3, -0.25) is 9.69 Å². The molecule has 2 aromatic carbocycles. The highest BCUT2D eigenvalue weighted by Crippen LogP contribution is 2.25. The molecule has 0 saturated heterocycles. The molecule has 3 nitrogen and oxygen atoms in total. The fourth-order valence-corrected chi connectivity index (χ4v) is 2.70. The van der Waals surface area contributed by atoms with Crippen LogP contribution in [-0.4, -0.2) is 17.5 Å². The Labute approximate surface area is 122 Å². The van der Waals surface area contributed by atoms with E-state index in [4.69, 9.17) is 0 Å². The summed E-state index contributed by atoms with van der Waals surface area (Å²) in [4.78, 5) is 13.8. The zero-order chi connectivity index (χ0) is 13.9. The Hall–Kier alpha value is -2.07. The molecule has 0 N–H and O–H groups in total. The Balaban J connectivity index is 1.89. The first-order chi connectivity index (χ1) is 9.74. The fourth-order valence-electron chi connectivity index (χ4n) is 2.08. The van der Waals surface area contributed by atoms with Gasteiger partial charge in [-0.25, -0.2) is 4.40 Å². The van der Waals surface area contributed by atoms with Crippen molar-refractivity contribution in [1.82, 2.24) is 0 Å². The molecule has 0 saturated carbocycles. The number of aryl methyl sites for hydroxylation is 1. The molecule has 0 aliphatic carbocycles. The molecule has 0 bridgehead atoms. The summed E-state index contributed by atoms with van der Waals surface area (Å²) < 4.78 is 4.32. The van der Waals surface area contributed by atoms with Gasteiger partial charge in [0, 0.05) is 5.69 Å². The van der Waals surface area contributed by atoms with Crippen LogP contribution in [0.3, 0.4) is 0 Å². The topological polar surface area (TPSA) is 32.7 Å². The number of carbonyl (C=O) groups is 1. The highest BCUT2D eigenvalue weighted by Gasteiger charge is 2.24. The Morgan fingerprint density at radius 3 is 2.45 bits per heavy atom. The first kappa shape index (κ1) is 12.9. The second-order valence-corrected chi connectivity index (χ2v) is 5.40. The molecular formula is C16H14N2OS. The number of benzene rings is 2. The van der Waals surface area contributed by atoms with Crippen molar-refractivity contribution in [2.75, 3.05) is 11.4 Å². The van der Waals surface area contributed by atoms with Crippen molar-refractivity contribution in [3.63, 3.8) is 0 Å². The fraction of sp³-hybridized carbons (Fsp3) is 0.125. The molecule has 0 spiro atoms. The highest BCUT2D eigenvalue weighted by molar-refractivity contribution is 8.13. The van der Waals surface area contributed by atoms with Gasteiger partial charge in [0.05, 0.1) is 24.2 Å². The Bertz CT molecular complexity index is 650. The molecule has 20 heavy (non-hydrogen) atoms. The number of carbonyl (C=O) groups excluding carboxylic acids is 1. The SMILES string of the molecule is Cc1ccc(N2CC(c3ccccc3)=NSC2=O)cc1. The highest BCUT2D eigenvalue weighted by atomic mass is 32.2. The number of nitrogens with zero attached hydrogens (tertiary/aromatic N) is 2. The molecule has 4 heteroatoms. The van der Waals surface area contributed by atoms with Crippen molar-refractivity contribution in [2.24, 2.45) is 4.40 Å². The third-order valence-corrected chi connectivity index (χ3v) is 3.90. The van der Waals surface area contributed by atoms with E-state index in [1.807, 2.05) is 61.5 Å². The smallest absolute Gasteiger partial charge is 0.296 e. The molecule has 1 heterocycles. The number of hydrogen-bond donors (Lipinski definition) is 0. The Morgan fingerprint density at radius 1 is 1.05 bits per heavy atom. The first-order valence-corrected chi connectivity index (χ1v) is 7.19. The molecule has 0 fully saturated rings. The largest absolute Gasteiger partial charge is 0.308 e. The van der Waals surface area contributed by atoms with Crippen LogP contribution in [0.2, 0.25) is 0 Å². The van der Waals surface area contributed by atoms with Gasteiger partial charge in [0.25, 0.3) is 0 Å². The van der Waals surface area contributed by atoms with E-state index in [-0.39, 0.29) is 5.24 Å². The average Bonchev–Trinajstić information content (AvgIpc) is 2.50. The molecule has 3 rings (SSSR count). The van der Waals surface area contributed by atoms with E-state index in [1.54, 1.807) is 4.90 Å². The summed E-state index contributed by atoms with van der Waals surface area (Å²) in [5.41, 5.74) is 4.08. The quantitative estimate of drug-likeness (QED) is 0.778. The maximum Gasteiger partial charge on any atom is 0.308 e. The van der Waals surface area contributed by atoms with E-state index >= 15 is 0 Å². The van der Waals surface area contributed by atoms with E-state index in [2.05, 4.69) is 4.40 Å². The third kappa shape index (κ3) is 2.60. The molecule has 2 aromatic rings. The van der Waals surface area contributed by atoms with E-state index in [0.717, 1.165) is 28.9 Å². The molecule has 100 valence electrons. The Kier molecular flexibility index (Phi) is 3.56. The van der Waals surface area contributed by atoms with E-state index in [0.29, 0.717) is 6.54 Å². The minimum atomic E-state index is -0.0338. The van der Waals surface area contributed by atoms with Gasteiger partial charge < -0.3 is 0 Å². The zero-order valence-corrected chi connectivity index (χ0v) is 11.9. The summed E-state index contributed by atoms with van der Waals surface area (Å²) in [6.07, 6.45) is 0. The molecular weight excluding hydrogens is 268 g/mol. The van der Waals surface area contributed by atoms with E-state index in [9.17, 15) is 4.79 Å². The summed E-state index contributed by atoms with van der Waals surface area (Å²) in [7, 11) is 0. The van der Waals surface area contributed by atoms with Crippen LogP contribution < -0.4 is 4.90 Å². The van der Waals surface area contributed by atoms with Gasteiger partial charge in [0.15, 0.2) is 0 Å². The number of hydrogen-bond acceptors (Lipinski definition) is 3. The number of anilines is 1. The maximum atomic E-state index is 12.0. The summed E-state index contributed by atoms with van der Waals surface area (Å²) in [6, 6.07) is 17.9. The van der Waals surface area contributed by atoms with Crippen LogP contribution in [0.5, 0.6) is 0 Å². The monoisotopic (exact) mass is 282 g/mol. The lowest BCUT2D eigenvalue weighted by atomic mass is 10.1. The normalized spacial score (nSPS) is 15.2. The predicted octanol–water partition coefficient (Wildman–Crippen LogP) is 4.07. The maximum absolute atomic E-state index is 12.0. The van der Waals surface area contributed by atoms with Crippen molar-refractivity contribution in [1.29, 1.82) is 0 Å². The van der Waals surface area contributed by atoms with E-state index in [1.165, 1.54) is 5.56 Å². The average molecular weight is 282 g/mol. The van der Waals surface area contributed by atoms with Gasteiger partial charge in [-0.15, -0.1) is 0 Å². The lowest BCUT2D eigenvalue weighted by Crippen LogP contribution is -2.36. The minimum absolute atomic E-state index is 0.0338. The lowest BCUT2D eigenvalue weighted by molar-refractivity contribution is 0.265. The minimum Gasteiger partial charge on any atom is -0.296 e. The van der Waals surface area contributed by atoms with Gasteiger partial charge in [-0.1, -0.05) is 48.0 Å². The van der Waals surface area contributed by atoms with Crippen LogP contribution in [0.1, 0.15) is 11.1 Å². The van der Waals surface area contributed by atoms with Gasteiger partial charge in [-0.05, 0) is 24.6 Å². The van der Waals surface area contributed by atoms with Crippen LogP contribution in [-0.2, 0) is 0 Å². The van der Waals surface area contributed by atoms with Crippen molar-refractivity contribution >= 4 is 28.6 Å². The van der Waals surface area contributed by atoms with Crippen LogP contribution in [0.25, 0.3) is 0 Å². The van der Waals surface area contributed by atoms with E-state index < -0.39 is 0 Å². The van der Waals surface area contributed by atoms with Gasteiger partial charge in [0.2, 0.25) is 0 Å². The summed E-state index contributed by atoms with van der Waals surface area (Å²) in [6.45, 7) is 2.55. The second kappa shape index (κ2) is 5.51. The molecule has 1 aliphatic heterocycles. The Morgan fingerprint density at radius 2 is 1.75 bits per heavy atom. The van der Waals surface area contributed by atoms with Crippen molar-refractivity contribution in [3.05, 3.63) is 65.7 Å². The first-order valence-electron chi connectivity index (χ1n) is 6.41. The summed E-state index contributed by atoms with van der Waals surface area (Å²) in [5.74, 6) is 0. The summed E-state index contributed by atoms with van der Waals surface area (Å²) in [5, 5.41) is -0.0338. The predicted molar refractivity (Wildman–Crippen MR) is 84.5 cm³/mol. The number of rotatable bonds is 2. The van der Waals surface area contributed by atoms with Crippen LogP contribution >= 0.6 is 11.9 Å². The molecule has 0 atom stereocenters. The van der Waals surface area contributed by atoms with Gasteiger partial charge in [0.1, 0.15) is 0 Å². The van der Waals surface area contributed by atoms with Crippen LogP contribution in [0.15, 0.2) is 59.0 Å². The van der Waals surface area contributed by atoms with Crippen molar-refractivity contribution in [2.45, 2.75) is 6.92 Å².